The van der Waals surface area contributed by atoms with Crippen LogP contribution in [0.1, 0.15) is 0 Å². The van der Waals surface area contributed by atoms with E-state index in [0.29, 0.717) is 17.2 Å². The quantitative estimate of drug-likeness (QED) is 0.645. The Kier molecular flexibility index (Phi) is 1.53. The van der Waals surface area contributed by atoms with Gasteiger partial charge in [-0.15, -0.1) is 0 Å². The predicted octanol–water partition coefficient (Wildman–Crippen LogP) is 1.28. The smallest absolute Gasteiger partial charge is 0.271 e. The lowest BCUT2D eigenvalue weighted by Gasteiger charge is -1.87. The summed E-state index contributed by atoms with van der Waals surface area (Å²) in [6.45, 7) is 0. The lowest BCUT2D eigenvalue weighted by atomic mass is 10.4. The van der Waals surface area contributed by atoms with Crippen LogP contribution in [-0.4, -0.2) is 14.6 Å². The Bertz CT molecular complexity index is 649. The molecular weight excluding hydrogens is 194 g/mol. The van der Waals surface area contributed by atoms with Gasteiger partial charge in [-0.3, -0.25) is 9.89 Å². The molecule has 0 aromatic carbocycles. The number of rotatable bonds is 1. The Morgan fingerprint density at radius 3 is 2.93 bits per heavy atom. The van der Waals surface area contributed by atoms with Crippen LogP contribution >= 0.6 is 0 Å². The second-order valence-electron chi connectivity index (χ2n) is 3.11. The van der Waals surface area contributed by atoms with Gasteiger partial charge >= 0.3 is 0 Å². The fraction of sp³-hybridized carbons (Fsp3) is 0. The predicted molar refractivity (Wildman–Crippen MR) is 53.5 cm³/mol. The van der Waals surface area contributed by atoms with E-state index < -0.39 is 0 Å². The van der Waals surface area contributed by atoms with Gasteiger partial charge in [-0.1, -0.05) is 6.07 Å². The number of nitrogens with one attached hydrogen (secondary N) is 1. The SMILES string of the molecule is O=c1cccc2nc(-c3ccco3)[nH]n12. The van der Waals surface area contributed by atoms with E-state index in [2.05, 4.69) is 10.1 Å². The first-order chi connectivity index (χ1) is 7.34. The number of aromatic nitrogens is 3. The molecule has 0 saturated carbocycles. The molecule has 0 fully saturated rings. The number of nitrogens with zero attached hydrogens (tertiary/aromatic N) is 2. The Morgan fingerprint density at radius 2 is 2.20 bits per heavy atom. The minimum absolute atomic E-state index is 0.141. The van der Waals surface area contributed by atoms with E-state index in [1.165, 1.54) is 10.6 Å². The number of fused-ring (bicyclic) bond motifs is 1. The van der Waals surface area contributed by atoms with Gasteiger partial charge in [0.05, 0.1) is 6.26 Å². The fourth-order valence-corrected chi connectivity index (χ4v) is 1.45. The first kappa shape index (κ1) is 8.05. The zero-order valence-electron chi connectivity index (χ0n) is 7.68. The summed E-state index contributed by atoms with van der Waals surface area (Å²) in [4.78, 5) is 15.7. The van der Waals surface area contributed by atoms with Crippen molar-refractivity contribution in [2.45, 2.75) is 0 Å². The van der Waals surface area contributed by atoms with Crippen molar-refractivity contribution in [2.75, 3.05) is 0 Å². The van der Waals surface area contributed by atoms with Crippen molar-refractivity contribution in [2.24, 2.45) is 0 Å². The maximum absolute atomic E-state index is 11.4. The van der Waals surface area contributed by atoms with Gasteiger partial charge in [0.2, 0.25) is 0 Å². The summed E-state index contributed by atoms with van der Waals surface area (Å²) >= 11 is 0. The molecule has 0 aliphatic rings. The molecule has 0 saturated heterocycles. The average molecular weight is 201 g/mol. The lowest BCUT2D eigenvalue weighted by Crippen LogP contribution is -2.11. The second kappa shape index (κ2) is 2.84. The van der Waals surface area contributed by atoms with Gasteiger partial charge in [-0.25, -0.2) is 4.98 Å². The van der Waals surface area contributed by atoms with E-state index in [9.17, 15) is 4.79 Å². The van der Waals surface area contributed by atoms with E-state index in [0.717, 1.165) is 0 Å². The van der Waals surface area contributed by atoms with E-state index in [1.807, 2.05) is 0 Å². The third-order valence-electron chi connectivity index (χ3n) is 2.13. The van der Waals surface area contributed by atoms with Gasteiger partial charge in [0.1, 0.15) is 0 Å². The Hall–Kier alpha value is -2.30. The van der Waals surface area contributed by atoms with Gasteiger partial charge in [-0.2, -0.15) is 4.52 Å². The number of pyridine rings is 1. The van der Waals surface area contributed by atoms with Crippen LogP contribution in [0.15, 0.2) is 45.8 Å². The third kappa shape index (κ3) is 1.17. The van der Waals surface area contributed by atoms with Gasteiger partial charge in [0.25, 0.3) is 5.56 Å². The second-order valence-corrected chi connectivity index (χ2v) is 3.11. The van der Waals surface area contributed by atoms with Crippen LogP contribution < -0.4 is 5.56 Å². The first-order valence-electron chi connectivity index (χ1n) is 4.46. The molecule has 0 spiro atoms. The molecule has 5 heteroatoms. The van der Waals surface area contributed by atoms with Crippen LogP contribution in [0.2, 0.25) is 0 Å². The maximum atomic E-state index is 11.4. The highest BCUT2D eigenvalue weighted by Gasteiger charge is 2.07. The summed E-state index contributed by atoms with van der Waals surface area (Å²) < 4.78 is 6.55. The molecule has 3 aromatic heterocycles. The molecule has 1 N–H and O–H groups in total. The van der Waals surface area contributed by atoms with E-state index in [1.54, 1.807) is 30.5 Å². The summed E-state index contributed by atoms with van der Waals surface area (Å²) in [6, 6.07) is 8.44. The minimum atomic E-state index is -0.141. The molecule has 0 aliphatic carbocycles. The molecule has 0 unspecified atom stereocenters. The molecule has 3 heterocycles. The summed E-state index contributed by atoms with van der Waals surface area (Å²) in [6.07, 6.45) is 1.56. The van der Waals surface area contributed by atoms with Crippen LogP contribution in [0.5, 0.6) is 0 Å². The van der Waals surface area contributed by atoms with E-state index in [-0.39, 0.29) is 5.56 Å². The van der Waals surface area contributed by atoms with Crippen molar-refractivity contribution in [1.29, 1.82) is 0 Å². The number of hydrogen-bond acceptors (Lipinski definition) is 3. The van der Waals surface area contributed by atoms with Gasteiger partial charge in [0.15, 0.2) is 17.2 Å². The van der Waals surface area contributed by atoms with Crippen molar-refractivity contribution in [3.63, 3.8) is 0 Å². The van der Waals surface area contributed by atoms with Crippen molar-refractivity contribution < 1.29 is 4.42 Å². The zero-order valence-corrected chi connectivity index (χ0v) is 7.68. The van der Waals surface area contributed by atoms with Crippen LogP contribution in [-0.2, 0) is 0 Å². The molecule has 0 aliphatic heterocycles. The molecular formula is C10H7N3O2. The first-order valence-corrected chi connectivity index (χ1v) is 4.46. The van der Waals surface area contributed by atoms with E-state index in [4.69, 9.17) is 4.42 Å². The topological polar surface area (TPSA) is 63.3 Å². The highest BCUT2D eigenvalue weighted by atomic mass is 16.3. The van der Waals surface area contributed by atoms with Gasteiger partial charge in [-0.05, 0) is 18.2 Å². The van der Waals surface area contributed by atoms with Gasteiger partial charge < -0.3 is 4.42 Å². The summed E-state index contributed by atoms with van der Waals surface area (Å²) in [5.41, 5.74) is 0.437. The highest BCUT2D eigenvalue weighted by molar-refractivity contribution is 5.51. The molecule has 15 heavy (non-hydrogen) atoms. The Morgan fingerprint density at radius 1 is 1.27 bits per heavy atom. The van der Waals surface area contributed by atoms with Crippen molar-refractivity contribution in [3.8, 4) is 11.6 Å². The number of aromatic amines is 1. The molecule has 0 radical (unpaired) electrons. The van der Waals surface area contributed by atoms with Crippen LogP contribution in [0.4, 0.5) is 0 Å². The summed E-state index contributed by atoms with van der Waals surface area (Å²) in [5.74, 6) is 1.15. The van der Waals surface area contributed by atoms with Crippen molar-refractivity contribution in [1.82, 2.24) is 14.6 Å². The molecule has 0 bridgehead atoms. The summed E-state index contributed by atoms with van der Waals surface area (Å²) in [7, 11) is 0. The largest absolute Gasteiger partial charge is 0.461 e. The monoisotopic (exact) mass is 201 g/mol. The number of hydrogen-bond donors (Lipinski definition) is 1. The molecule has 5 nitrogen and oxygen atoms in total. The van der Waals surface area contributed by atoms with Crippen LogP contribution in [0.3, 0.4) is 0 Å². The van der Waals surface area contributed by atoms with E-state index >= 15 is 0 Å². The standard InChI is InChI=1S/C10H7N3O2/c14-9-5-1-4-8-11-10(12-13(8)9)7-3-2-6-15-7/h1-6H,(H,11,12). The average Bonchev–Trinajstić information content (AvgIpc) is 2.86. The van der Waals surface area contributed by atoms with Crippen molar-refractivity contribution in [3.05, 3.63) is 46.9 Å². The fourth-order valence-electron chi connectivity index (χ4n) is 1.45. The Balaban J connectivity index is 2.32. The molecule has 3 rings (SSSR count). The van der Waals surface area contributed by atoms with Crippen LogP contribution in [0.25, 0.3) is 17.2 Å². The number of H-pyrrole nitrogens is 1. The lowest BCUT2D eigenvalue weighted by molar-refractivity contribution is 0.577. The Labute approximate surface area is 84.0 Å². The van der Waals surface area contributed by atoms with Crippen LogP contribution in [0, 0.1) is 0 Å². The van der Waals surface area contributed by atoms with Crippen molar-refractivity contribution >= 4 is 5.65 Å². The molecule has 0 atom stereocenters. The number of furan rings is 1. The molecule has 3 aromatic rings. The molecule has 0 amide bonds. The van der Waals surface area contributed by atoms with Gasteiger partial charge in [0, 0.05) is 6.07 Å². The minimum Gasteiger partial charge on any atom is -0.461 e. The maximum Gasteiger partial charge on any atom is 0.271 e. The zero-order chi connectivity index (χ0) is 10.3. The normalized spacial score (nSPS) is 10.9. The summed E-state index contributed by atoms with van der Waals surface area (Å²) in [5, 5.41) is 2.87. The third-order valence-corrected chi connectivity index (χ3v) is 2.13. The highest BCUT2D eigenvalue weighted by Crippen LogP contribution is 2.15. The molecule has 74 valence electrons.